The number of hydrogen-bond donors (Lipinski definition) is 0. The molecule has 0 atom stereocenters. The van der Waals surface area contributed by atoms with Gasteiger partial charge in [0.05, 0.1) is 15.5 Å². The fourth-order valence-electron chi connectivity index (χ4n) is 0.802. The van der Waals surface area contributed by atoms with Gasteiger partial charge in [-0.1, -0.05) is 16.5 Å². The van der Waals surface area contributed by atoms with Crippen molar-refractivity contribution in [3.8, 4) is 0 Å². The van der Waals surface area contributed by atoms with Crippen molar-refractivity contribution in [2.45, 2.75) is 6.92 Å². The minimum Gasteiger partial charge on any atom is -0.399 e. The molecule has 0 aliphatic heterocycles. The van der Waals surface area contributed by atoms with Gasteiger partial charge >= 0.3 is 5.00 Å². The highest BCUT2D eigenvalue weighted by molar-refractivity contribution is 7.17. The Morgan fingerprint density at radius 1 is 1.69 bits per heavy atom. The predicted molar refractivity (Wildman–Crippen MR) is 50.2 cm³/mol. The third kappa shape index (κ3) is 2.25. The topological polar surface area (TPSA) is 64.7 Å². The van der Waals surface area contributed by atoms with Crippen LogP contribution in [-0.2, 0) is 4.84 Å². The van der Waals surface area contributed by atoms with Crippen LogP contribution in [0.25, 0.3) is 0 Å². The molecule has 6 heteroatoms. The molecular weight excluding hydrogens is 192 g/mol. The highest BCUT2D eigenvalue weighted by atomic mass is 32.1. The third-order valence-corrected chi connectivity index (χ3v) is 2.50. The lowest BCUT2D eigenvalue weighted by molar-refractivity contribution is -0.380. The van der Waals surface area contributed by atoms with E-state index < -0.39 is 4.92 Å². The Morgan fingerprint density at radius 3 is 2.85 bits per heavy atom. The van der Waals surface area contributed by atoms with Gasteiger partial charge in [-0.25, -0.2) is 0 Å². The van der Waals surface area contributed by atoms with Crippen LogP contribution in [0.5, 0.6) is 0 Å². The first-order valence-corrected chi connectivity index (χ1v) is 4.29. The molecule has 0 aliphatic rings. The molecule has 0 N–H and O–H groups in total. The Hall–Kier alpha value is -1.43. The highest BCUT2D eigenvalue weighted by Crippen LogP contribution is 2.24. The number of nitro groups is 1. The minimum absolute atomic E-state index is 0.112. The first-order valence-electron chi connectivity index (χ1n) is 3.47. The summed E-state index contributed by atoms with van der Waals surface area (Å²) in [4.78, 5) is 15.2. The first-order chi connectivity index (χ1) is 6.15. The van der Waals surface area contributed by atoms with Gasteiger partial charge in [-0.2, -0.15) is 0 Å². The molecule has 0 aliphatic carbocycles. The van der Waals surface area contributed by atoms with Crippen molar-refractivity contribution in [3.05, 3.63) is 27.1 Å². The molecule has 13 heavy (non-hydrogen) atoms. The number of thiophene rings is 1. The van der Waals surface area contributed by atoms with Crippen molar-refractivity contribution in [2.75, 3.05) is 7.11 Å². The third-order valence-electron chi connectivity index (χ3n) is 1.36. The number of nitrogens with zero attached hydrogens (tertiary/aromatic N) is 2. The lowest BCUT2D eigenvalue weighted by Crippen LogP contribution is -1.90. The molecule has 5 nitrogen and oxygen atoms in total. The minimum atomic E-state index is -0.422. The lowest BCUT2D eigenvalue weighted by atomic mass is 10.3. The summed E-state index contributed by atoms with van der Waals surface area (Å²) < 4.78 is 0. The molecule has 1 aromatic heterocycles. The Kier molecular flexibility index (Phi) is 2.97. The van der Waals surface area contributed by atoms with Crippen LogP contribution in [0, 0.1) is 10.1 Å². The summed E-state index contributed by atoms with van der Waals surface area (Å²) in [5, 5.41) is 14.1. The molecular formula is C7H8N2O3S. The van der Waals surface area contributed by atoms with Gasteiger partial charge in [-0.05, 0) is 13.0 Å². The Bertz CT molecular complexity index is 345. The SMILES string of the molecule is CO/N=C(/C)c1ccc([N+](=O)[O-])s1. The number of hydrogen-bond acceptors (Lipinski definition) is 5. The summed E-state index contributed by atoms with van der Waals surface area (Å²) in [5.74, 6) is 0. The van der Waals surface area contributed by atoms with Gasteiger partial charge in [0.1, 0.15) is 7.11 Å². The van der Waals surface area contributed by atoms with Crippen molar-refractivity contribution in [1.82, 2.24) is 0 Å². The molecule has 0 fully saturated rings. The molecule has 0 radical (unpaired) electrons. The van der Waals surface area contributed by atoms with Crippen LogP contribution >= 0.6 is 11.3 Å². The summed E-state index contributed by atoms with van der Waals surface area (Å²) in [6.07, 6.45) is 0. The Morgan fingerprint density at radius 2 is 2.38 bits per heavy atom. The van der Waals surface area contributed by atoms with E-state index >= 15 is 0 Å². The van der Waals surface area contributed by atoms with Gasteiger partial charge < -0.3 is 4.84 Å². The van der Waals surface area contributed by atoms with E-state index in [2.05, 4.69) is 9.99 Å². The summed E-state index contributed by atoms with van der Waals surface area (Å²) >= 11 is 1.08. The summed E-state index contributed by atoms with van der Waals surface area (Å²) in [7, 11) is 1.44. The van der Waals surface area contributed by atoms with Gasteiger partial charge in [0.25, 0.3) is 0 Å². The van der Waals surface area contributed by atoms with Gasteiger partial charge in [-0.3, -0.25) is 10.1 Å². The largest absolute Gasteiger partial charge is 0.399 e. The van der Waals surface area contributed by atoms with E-state index in [1.807, 2.05) is 0 Å². The maximum Gasteiger partial charge on any atom is 0.324 e. The molecule has 1 rings (SSSR count). The fraction of sp³-hybridized carbons (Fsp3) is 0.286. The monoisotopic (exact) mass is 200 g/mol. The van der Waals surface area contributed by atoms with Gasteiger partial charge in [0.15, 0.2) is 0 Å². The lowest BCUT2D eigenvalue weighted by Gasteiger charge is -1.91. The van der Waals surface area contributed by atoms with Crippen molar-refractivity contribution >= 4 is 22.0 Å². The predicted octanol–water partition coefficient (Wildman–Crippen LogP) is 2.03. The van der Waals surface area contributed by atoms with Gasteiger partial charge in [-0.15, -0.1) is 0 Å². The van der Waals surface area contributed by atoms with E-state index in [9.17, 15) is 10.1 Å². The van der Waals surface area contributed by atoms with Crippen LogP contribution in [0.15, 0.2) is 17.3 Å². The van der Waals surface area contributed by atoms with Crippen molar-refractivity contribution in [3.63, 3.8) is 0 Å². The van der Waals surface area contributed by atoms with Crippen LogP contribution in [0.2, 0.25) is 0 Å². The van der Waals surface area contributed by atoms with Crippen LogP contribution in [0.3, 0.4) is 0 Å². The molecule has 1 aromatic rings. The van der Waals surface area contributed by atoms with E-state index in [1.54, 1.807) is 13.0 Å². The molecule has 0 saturated carbocycles. The van der Waals surface area contributed by atoms with Crippen LogP contribution < -0.4 is 0 Å². The van der Waals surface area contributed by atoms with E-state index in [-0.39, 0.29) is 5.00 Å². The summed E-state index contributed by atoms with van der Waals surface area (Å²) in [6.45, 7) is 1.74. The highest BCUT2D eigenvalue weighted by Gasteiger charge is 2.11. The van der Waals surface area contributed by atoms with Crippen LogP contribution in [-0.4, -0.2) is 17.7 Å². The molecule has 0 spiro atoms. The molecule has 0 aromatic carbocycles. The second-order valence-electron chi connectivity index (χ2n) is 2.25. The smallest absolute Gasteiger partial charge is 0.324 e. The molecule has 70 valence electrons. The van der Waals surface area contributed by atoms with E-state index in [0.29, 0.717) is 5.71 Å². The molecule has 0 unspecified atom stereocenters. The standard InChI is InChI=1S/C7H8N2O3S/c1-5(8-12-2)6-3-4-7(13-6)9(10)11/h3-4H,1-2H3/b8-5-. The van der Waals surface area contributed by atoms with E-state index in [1.165, 1.54) is 13.2 Å². The second kappa shape index (κ2) is 3.99. The summed E-state index contributed by atoms with van der Waals surface area (Å²) in [6, 6.07) is 3.11. The van der Waals surface area contributed by atoms with Gasteiger partial charge in [0.2, 0.25) is 0 Å². The van der Waals surface area contributed by atoms with E-state index in [0.717, 1.165) is 16.2 Å². The zero-order valence-corrected chi connectivity index (χ0v) is 8.00. The second-order valence-corrected chi connectivity index (χ2v) is 3.32. The van der Waals surface area contributed by atoms with Crippen LogP contribution in [0.1, 0.15) is 11.8 Å². The first kappa shape index (κ1) is 9.66. The maximum atomic E-state index is 10.3. The fourth-order valence-corrected chi connectivity index (χ4v) is 1.56. The van der Waals surface area contributed by atoms with Gasteiger partial charge in [0, 0.05) is 6.07 Å². The normalized spacial score (nSPS) is 11.4. The quantitative estimate of drug-likeness (QED) is 0.426. The molecule has 0 amide bonds. The van der Waals surface area contributed by atoms with E-state index in [4.69, 9.17) is 0 Å². The zero-order chi connectivity index (χ0) is 9.84. The van der Waals surface area contributed by atoms with Crippen LogP contribution in [0.4, 0.5) is 5.00 Å². The number of rotatable bonds is 3. The molecule has 0 saturated heterocycles. The average Bonchev–Trinajstić information content (AvgIpc) is 2.52. The average molecular weight is 200 g/mol. The maximum absolute atomic E-state index is 10.3. The molecule has 1 heterocycles. The Balaban J connectivity index is 2.92. The van der Waals surface area contributed by atoms with Crippen molar-refractivity contribution < 1.29 is 9.76 Å². The van der Waals surface area contributed by atoms with Crippen molar-refractivity contribution in [1.29, 1.82) is 0 Å². The number of oxime groups is 1. The van der Waals surface area contributed by atoms with Crippen molar-refractivity contribution in [2.24, 2.45) is 5.16 Å². The molecule has 0 bridgehead atoms. The Labute approximate surface area is 78.8 Å². The summed E-state index contributed by atoms with van der Waals surface area (Å²) in [5.41, 5.74) is 0.639. The zero-order valence-electron chi connectivity index (χ0n) is 7.18.